The molecule has 0 aliphatic rings. The molecule has 2 aromatic carbocycles. The second-order valence-electron chi connectivity index (χ2n) is 4.92. The van der Waals surface area contributed by atoms with Gasteiger partial charge in [-0.2, -0.15) is 0 Å². The molecule has 0 saturated heterocycles. The molecule has 0 nitrogen and oxygen atoms in total. The normalized spacial score (nSPS) is 12.5. The maximum atomic E-state index is 2.29. The first kappa shape index (κ1) is 11.9. The van der Waals surface area contributed by atoms with E-state index in [2.05, 4.69) is 70.2 Å². The fourth-order valence-corrected chi connectivity index (χ4v) is 2.36. The molecule has 0 aliphatic heterocycles. The summed E-state index contributed by atoms with van der Waals surface area (Å²) in [6, 6.07) is 15.4. The molecule has 1 atom stereocenters. The highest BCUT2D eigenvalue weighted by molar-refractivity contribution is 5.41. The van der Waals surface area contributed by atoms with Gasteiger partial charge in [0.25, 0.3) is 0 Å². The number of hydrogen-bond donors (Lipinski definition) is 0. The van der Waals surface area contributed by atoms with Crippen LogP contribution in [0.1, 0.15) is 40.7 Å². The average molecular weight is 224 g/mol. The number of rotatable bonds is 2. The van der Waals surface area contributed by atoms with Crippen molar-refractivity contribution in [1.29, 1.82) is 0 Å². The van der Waals surface area contributed by atoms with Crippen LogP contribution in [0.15, 0.2) is 42.5 Å². The van der Waals surface area contributed by atoms with Crippen LogP contribution in [0.2, 0.25) is 0 Å². The summed E-state index contributed by atoms with van der Waals surface area (Å²) in [4.78, 5) is 0. The van der Waals surface area contributed by atoms with Gasteiger partial charge in [-0.3, -0.25) is 0 Å². The van der Waals surface area contributed by atoms with E-state index in [-0.39, 0.29) is 0 Å². The lowest BCUT2D eigenvalue weighted by Gasteiger charge is -2.17. The Bertz CT molecular complexity index is 523. The maximum absolute atomic E-state index is 2.29. The van der Waals surface area contributed by atoms with Gasteiger partial charge in [-0.1, -0.05) is 55.0 Å². The Balaban J connectivity index is 2.44. The maximum Gasteiger partial charge on any atom is 0.00638 e. The van der Waals surface area contributed by atoms with Gasteiger partial charge in [-0.25, -0.2) is 0 Å². The molecule has 0 fully saturated rings. The summed E-state index contributed by atoms with van der Waals surface area (Å²) >= 11 is 0. The lowest BCUT2D eigenvalue weighted by Crippen LogP contribution is -2.00. The third kappa shape index (κ3) is 2.41. The average Bonchev–Trinajstić information content (AvgIpc) is 2.32. The summed E-state index contributed by atoms with van der Waals surface area (Å²) in [6.45, 7) is 8.84. The molecule has 0 radical (unpaired) electrons. The predicted molar refractivity (Wildman–Crippen MR) is 74.6 cm³/mol. The molecule has 2 aromatic rings. The molecule has 17 heavy (non-hydrogen) atoms. The van der Waals surface area contributed by atoms with Gasteiger partial charge in [-0.05, 0) is 43.0 Å². The molecule has 1 unspecified atom stereocenters. The molecule has 0 saturated carbocycles. The minimum atomic E-state index is 0.467. The summed E-state index contributed by atoms with van der Waals surface area (Å²) in [6.07, 6.45) is 0. The van der Waals surface area contributed by atoms with Gasteiger partial charge in [0, 0.05) is 5.92 Å². The van der Waals surface area contributed by atoms with E-state index in [1.54, 1.807) is 0 Å². The molecular weight excluding hydrogens is 204 g/mol. The van der Waals surface area contributed by atoms with Gasteiger partial charge in [-0.15, -0.1) is 0 Å². The standard InChI is InChI=1S/C17H20/c1-12-7-5-9-16(11-12)15(4)17-10-6-8-13(2)14(17)3/h5-11,15H,1-4H3. The van der Waals surface area contributed by atoms with E-state index in [1.165, 1.54) is 27.8 Å². The first-order valence-corrected chi connectivity index (χ1v) is 6.22. The highest BCUT2D eigenvalue weighted by atomic mass is 14.2. The molecule has 0 bridgehead atoms. The molecule has 0 amide bonds. The van der Waals surface area contributed by atoms with Gasteiger partial charge in [0.15, 0.2) is 0 Å². The summed E-state index contributed by atoms with van der Waals surface area (Å²) in [5.74, 6) is 0.467. The highest BCUT2D eigenvalue weighted by Gasteiger charge is 2.11. The fraction of sp³-hybridized carbons (Fsp3) is 0.294. The van der Waals surface area contributed by atoms with Crippen LogP contribution < -0.4 is 0 Å². The summed E-state index contributed by atoms with van der Waals surface area (Å²) in [7, 11) is 0. The summed E-state index contributed by atoms with van der Waals surface area (Å²) in [5, 5.41) is 0. The lowest BCUT2D eigenvalue weighted by molar-refractivity contribution is 0.904. The van der Waals surface area contributed by atoms with E-state index in [0.717, 1.165) is 0 Å². The quantitative estimate of drug-likeness (QED) is 0.689. The Hall–Kier alpha value is -1.56. The Morgan fingerprint density at radius 3 is 2.29 bits per heavy atom. The second kappa shape index (κ2) is 4.75. The van der Waals surface area contributed by atoms with Crippen molar-refractivity contribution in [2.75, 3.05) is 0 Å². The topological polar surface area (TPSA) is 0 Å². The zero-order valence-electron chi connectivity index (χ0n) is 11.1. The van der Waals surface area contributed by atoms with E-state index in [0.29, 0.717) is 5.92 Å². The van der Waals surface area contributed by atoms with Crippen molar-refractivity contribution < 1.29 is 0 Å². The SMILES string of the molecule is Cc1cccc(C(C)c2cccc(C)c2C)c1. The zero-order chi connectivity index (χ0) is 12.4. The third-order valence-corrected chi connectivity index (χ3v) is 3.66. The molecule has 2 rings (SSSR count). The van der Waals surface area contributed by atoms with Gasteiger partial charge >= 0.3 is 0 Å². The highest BCUT2D eigenvalue weighted by Crippen LogP contribution is 2.28. The van der Waals surface area contributed by atoms with Crippen LogP contribution in [-0.2, 0) is 0 Å². The summed E-state index contributed by atoms with van der Waals surface area (Å²) in [5.41, 5.74) is 6.97. The van der Waals surface area contributed by atoms with Gasteiger partial charge in [0.1, 0.15) is 0 Å². The Morgan fingerprint density at radius 2 is 1.59 bits per heavy atom. The van der Waals surface area contributed by atoms with Crippen LogP contribution in [0.4, 0.5) is 0 Å². The monoisotopic (exact) mass is 224 g/mol. The van der Waals surface area contributed by atoms with Crippen molar-refractivity contribution in [2.45, 2.75) is 33.6 Å². The van der Waals surface area contributed by atoms with Crippen LogP contribution in [0.25, 0.3) is 0 Å². The minimum Gasteiger partial charge on any atom is -0.0617 e. The Labute approximate surface area is 104 Å². The van der Waals surface area contributed by atoms with E-state index in [9.17, 15) is 0 Å². The number of hydrogen-bond acceptors (Lipinski definition) is 0. The van der Waals surface area contributed by atoms with Gasteiger partial charge < -0.3 is 0 Å². The van der Waals surface area contributed by atoms with Crippen molar-refractivity contribution in [3.8, 4) is 0 Å². The molecule has 0 aliphatic carbocycles. The molecule has 0 aromatic heterocycles. The predicted octanol–water partition coefficient (Wildman–Crippen LogP) is 4.76. The minimum absolute atomic E-state index is 0.467. The van der Waals surface area contributed by atoms with E-state index in [1.807, 2.05) is 0 Å². The first-order valence-electron chi connectivity index (χ1n) is 6.22. The smallest absolute Gasteiger partial charge is 0.00638 e. The molecular formula is C17H20. The molecule has 0 N–H and O–H groups in total. The van der Waals surface area contributed by atoms with Crippen molar-refractivity contribution >= 4 is 0 Å². The second-order valence-corrected chi connectivity index (χ2v) is 4.92. The van der Waals surface area contributed by atoms with Crippen LogP contribution in [0.3, 0.4) is 0 Å². The van der Waals surface area contributed by atoms with E-state index < -0.39 is 0 Å². The van der Waals surface area contributed by atoms with Crippen molar-refractivity contribution in [2.24, 2.45) is 0 Å². The van der Waals surface area contributed by atoms with Crippen LogP contribution in [-0.4, -0.2) is 0 Å². The van der Waals surface area contributed by atoms with Crippen molar-refractivity contribution in [3.63, 3.8) is 0 Å². The lowest BCUT2D eigenvalue weighted by atomic mass is 9.88. The van der Waals surface area contributed by atoms with Crippen LogP contribution >= 0.6 is 0 Å². The molecule has 0 heterocycles. The fourth-order valence-electron chi connectivity index (χ4n) is 2.36. The van der Waals surface area contributed by atoms with Crippen LogP contribution in [0.5, 0.6) is 0 Å². The summed E-state index contributed by atoms with van der Waals surface area (Å²) < 4.78 is 0. The third-order valence-electron chi connectivity index (χ3n) is 3.66. The Morgan fingerprint density at radius 1 is 0.882 bits per heavy atom. The molecule has 88 valence electrons. The van der Waals surface area contributed by atoms with Gasteiger partial charge in [0.2, 0.25) is 0 Å². The van der Waals surface area contributed by atoms with Crippen molar-refractivity contribution in [1.82, 2.24) is 0 Å². The molecule has 0 spiro atoms. The first-order chi connectivity index (χ1) is 8.09. The molecule has 0 heteroatoms. The zero-order valence-corrected chi connectivity index (χ0v) is 11.1. The number of aryl methyl sites for hydroxylation is 2. The largest absolute Gasteiger partial charge is 0.0617 e. The number of benzene rings is 2. The van der Waals surface area contributed by atoms with E-state index >= 15 is 0 Å². The van der Waals surface area contributed by atoms with Gasteiger partial charge in [0.05, 0.1) is 0 Å². The van der Waals surface area contributed by atoms with Crippen molar-refractivity contribution in [3.05, 3.63) is 70.3 Å². The Kier molecular flexibility index (Phi) is 3.33. The van der Waals surface area contributed by atoms with Crippen LogP contribution in [0, 0.1) is 20.8 Å². The van der Waals surface area contributed by atoms with E-state index in [4.69, 9.17) is 0 Å².